The zero-order valence-electron chi connectivity index (χ0n) is 12.5. The molecule has 2 amide bonds. The first kappa shape index (κ1) is 15.7. The predicted octanol–water partition coefficient (Wildman–Crippen LogP) is 2.89. The molecule has 2 heterocycles. The lowest BCUT2D eigenvalue weighted by atomic mass is 9.96. The fraction of sp³-hybridized carbons (Fsp3) is 0.294. The molecule has 23 heavy (non-hydrogen) atoms. The van der Waals surface area contributed by atoms with Crippen molar-refractivity contribution >= 4 is 23.2 Å². The van der Waals surface area contributed by atoms with Crippen LogP contribution in [0, 0.1) is 11.7 Å². The van der Waals surface area contributed by atoms with Crippen molar-refractivity contribution in [3.8, 4) is 10.4 Å². The second-order valence-corrected chi connectivity index (χ2v) is 6.72. The van der Waals surface area contributed by atoms with Gasteiger partial charge in [-0.2, -0.15) is 0 Å². The number of carbonyl (C=O) groups excluding carboxylic acids is 2. The Morgan fingerprint density at radius 3 is 2.35 bits per heavy atom. The van der Waals surface area contributed by atoms with Crippen LogP contribution in [-0.2, 0) is 4.79 Å². The van der Waals surface area contributed by atoms with E-state index in [2.05, 4.69) is 0 Å². The number of nitrogens with zero attached hydrogens (tertiary/aromatic N) is 1. The van der Waals surface area contributed by atoms with Gasteiger partial charge in [-0.1, -0.05) is 12.1 Å². The SMILES string of the molecule is NC(=O)C1CCN(C(=O)c2ccc(-c3ccc(F)cc3)s2)CC1. The second-order valence-electron chi connectivity index (χ2n) is 5.64. The molecule has 0 saturated carbocycles. The Bertz CT molecular complexity index is 718. The van der Waals surface area contributed by atoms with Crippen molar-refractivity contribution in [1.29, 1.82) is 0 Å². The van der Waals surface area contributed by atoms with Gasteiger partial charge in [-0.25, -0.2) is 4.39 Å². The fourth-order valence-corrected chi connectivity index (χ4v) is 3.72. The molecule has 4 nitrogen and oxygen atoms in total. The highest BCUT2D eigenvalue weighted by Crippen LogP contribution is 2.30. The van der Waals surface area contributed by atoms with Crippen molar-refractivity contribution in [3.63, 3.8) is 0 Å². The van der Waals surface area contributed by atoms with E-state index in [-0.39, 0.29) is 23.5 Å². The maximum Gasteiger partial charge on any atom is 0.263 e. The van der Waals surface area contributed by atoms with Gasteiger partial charge in [0.25, 0.3) is 5.91 Å². The highest BCUT2D eigenvalue weighted by Gasteiger charge is 2.27. The Labute approximate surface area is 137 Å². The quantitative estimate of drug-likeness (QED) is 0.939. The molecule has 120 valence electrons. The van der Waals surface area contributed by atoms with E-state index in [1.165, 1.54) is 23.5 Å². The molecule has 0 radical (unpaired) electrons. The molecule has 0 bridgehead atoms. The van der Waals surface area contributed by atoms with E-state index in [0.717, 1.165) is 10.4 Å². The van der Waals surface area contributed by atoms with Gasteiger partial charge in [0.1, 0.15) is 5.82 Å². The fourth-order valence-electron chi connectivity index (χ4n) is 2.75. The monoisotopic (exact) mass is 332 g/mol. The lowest BCUT2D eigenvalue weighted by Gasteiger charge is -2.30. The number of benzene rings is 1. The molecule has 1 saturated heterocycles. The number of halogens is 1. The largest absolute Gasteiger partial charge is 0.369 e. The third kappa shape index (κ3) is 3.42. The lowest BCUT2D eigenvalue weighted by molar-refractivity contribution is -0.123. The number of nitrogens with two attached hydrogens (primary N) is 1. The van der Waals surface area contributed by atoms with Gasteiger partial charge in [0, 0.05) is 23.9 Å². The van der Waals surface area contributed by atoms with E-state index >= 15 is 0 Å². The smallest absolute Gasteiger partial charge is 0.263 e. The summed E-state index contributed by atoms with van der Waals surface area (Å²) in [6.07, 6.45) is 1.24. The Morgan fingerprint density at radius 1 is 1.09 bits per heavy atom. The van der Waals surface area contributed by atoms with Crippen molar-refractivity contribution in [2.24, 2.45) is 11.7 Å². The highest BCUT2D eigenvalue weighted by atomic mass is 32.1. The average molecular weight is 332 g/mol. The molecule has 6 heteroatoms. The van der Waals surface area contributed by atoms with E-state index in [1.807, 2.05) is 6.07 Å². The zero-order chi connectivity index (χ0) is 16.4. The van der Waals surface area contributed by atoms with Crippen LogP contribution in [0.1, 0.15) is 22.5 Å². The first-order chi connectivity index (χ1) is 11.0. The second kappa shape index (κ2) is 6.50. The molecule has 1 fully saturated rings. The molecule has 1 aromatic heterocycles. The molecule has 2 N–H and O–H groups in total. The number of primary amides is 1. The van der Waals surface area contributed by atoms with Crippen LogP contribution >= 0.6 is 11.3 Å². The van der Waals surface area contributed by atoms with E-state index in [1.54, 1.807) is 23.1 Å². The van der Waals surface area contributed by atoms with Crippen LogP contribution in [0.2, 0.25) is 0 Å². The summed E-state index contributed by atoms with van der Waals surface area (Å²) < 4.78 is 13.0. The number of thiophene rings is 1. The van der Waals surface area contributed by atoms with E-state index < -0.39 is 0 Å². The molecule has 1 aromatic carbocycles. The molecule has 3 rings (SSSR count). The lowest BCUT2D eigenvalue weighted by Crippen LogP contribution is -2.41. The molecular weight excluding hydrogens is 315 g/mol. The average Bonchev–Trinajstić information content (AvgIpc) is 3.05. The standard InChI is InChI=1S/C17H17FN2O2S/c18-13-3-1-11(2-4-13)14-5-6-15(23-14)17(22)20-9-7-12(8-10-20)16(19)21/h1-6,12H,7-10H2,(H2,19,21). The van der Waals surface area contributed by atoms with Crippen LogP contribution in [0.3, 0.4) is 0 Å². The molecule has 2 aromatic rings. The predicted molar refractivity (Wildman–Crippen MR) is 87.5 cm³/mol. The first-order valence-electron chi connectivity index (χ1n) is 7.49. The molecule has 0 aliphatic carbocycles. The van der Waals surface area contributed by atoms with Gasteiger partial charge >= 0.3 is 0 Å². The van der Waals surface area contributed by atoms with Crippen LogP contribution in [0.5, 0.6) is 0 Å². The van der Waals surface area contributed by atoms with E-state index in [4.69, 9.17) is 5.73 Å². The normalized spacial score (nSPS) is 15.6. The molecule has 0 spiro atoms. The Hall–Kier alpha value is -2.21. The Kier molecular flexibility index (Phi) is 4.43. The number of hydrogen-bond donors (Lipinski definition) is 1. The van der Waals surface area contributed by atoms with Gasteiger partial charge in [0.15, 0.2) is 0 Å². The number of likely N-dealkylation sites (tertiary alicyclic amines) is 1. The molecular formula is C17H17FN2O2S. The summed E-state index contributed by atoms with van der Waals surface area (Å²) in [4.78, 5) is 27.1. The molecule has 1 aliphatic rings. The van der Waals surface area contributed by atoms with Crippen LogP contribution in [0.25, 0.3) is 10.4 Å². The van der Waals surface area contributed by atoms with Crippen LogP contribution in [0.4, 0.5) is 4.39 Å². The summed E-state index contributed by atoms with van der Waals surface area (Å²) in [6, 6.07) is 9.89. The highest BCUT2D eigenvalue weighted by molar-refractivity contribution is 7.17. The minimum absolute atomic E-state index is 0.0220. The van der Waals surface area contributed by atoms with Gasteiger partial charge in [0.2, 0.25) is 5.91 Å². The molecule has 0 unspecified atom stereocenters. The molecule has 0 atom stereocenters. The number of amides is 2. The molecule has 1 aliphatic heterocycles. The first-order valence-corrected chi connectivity index (χ1v) is 8.30. The van der Waals surface area contributed by atoms with Crippen molar-refractivity contribution in [2.75, 3.05) is 13.1 Å². The number of piperidine rings is 1. The van der Waals surface area contributed by atoms with Gasteiger partial charge in [0.05, 0.1) is 4.88 Å². The van der Waals surface area contributed by atoms with Crippen molar-refractivity contribution < 1.29 is 14.0 Å². The number of carbonyl (C=O) groups is 2. The van der Waals surface area contributed by atoms with Gasteiger partial charge in [-0.15, -0.1) is 11.3 Å². The van der Waals surface area contributed by atoms with Crippen LogP contribution < -0.4 is 5.73 Å². The maximum atomic E-state index is 13.0. The maximum absolute atomic E-state index is 13.0. The summed E-state index contributed by atoms with van der Waals surface area (Å²) in [5, 5.41) is 0. The summed E-state index contributed by atoms with van der Waals surface area (Å²) >= 11 is 1.40. The van der Waals surface area contributed by atoms with Crippen molar-refractivity contribution in [1.82, 2.24) is 4.90 Å². The van der Waals surface area contributed by atoms with Crippen LogP contribution in [0.15, 0.2) is 36.4 Å². The van der Waals surface area contributed by atoms with Crippen molar-refractivity contribution in [2.45, 2.75) is 12.8 Å². The number of hydrogen-bond acceptors (Lipinski definition) is 3. The van der Waals surface area contributed by atoms with Gasteiger partial charge in [-0.3, -0.25) is 9.59 Å². The van der Waals surface area contributed by atoms with Crippen LogP contribution in [-0.4, -0.2) is 29.8 Å². The van der Waals surface area contributed by atoms with E-state index in [0.29, 0.717) is 30.8 Å². The van der Waals surface area contributed by atoms with Gasteiger partial charge in [-0.05, 0) is 42.7 Å². The summed E-state index contributed by atoms with van der Waals surface area (Å²) in [7, 11) is 0. The minimum Gasteiger partial charge on any atom is -0.369 e. The summed E-state index contributed by atoms with van der Waals surface area (Å²) in [5.74, 6) is -0.714. The Balaban J connectivity index is 1.69. The Morgan fingerprint density at radius 2 is 1.74 bits per heavy atom. The van der Waals surface area contributed by atoms with Crippen molar-refractivity contribution in [3.05, 3.63) is 47.1 Å². The van der Waals surface area contributed by atoms with Gasteiger partial charge < -0.3 is 10.6 Å². The topological polar surface area (TPSA) is 63.4 Å². The summed E-state index contributed by atoms with van der Waals surface area (Å²) in [6.45, 7) is 1.10. The minimum atomic E-state index is -0.285. The summed E-state index contributed by atoms with van der Waals surface area (Å²) in [5.41, 5.74) is 6.20. The van der Waals surface area contributed by atoms with E-state index in [9.17, 15) is 14.0 Å². The third-order valence-corrected chi connectivity index (χ3v) is 5.25. The third-order valence-electron chi connectivity index (χ3n) is 4.13. The zero-order valence-corrected chi connectivity index (χ0v) is 13.3. The number of rotatable bonds is 3.